The molecule has 0 unspecified atom stereocenters. The van der Waals surface area contributed by atoms with Gasteiger partial charge in [0.15, 0.2) is 0 Å². The summed E-state index contributed by atoms with van der Waals surface area (Å²) >= 11 is 3.60. The molecule has 1 saturated carbocycles. The van der Waals surface area contributed by atoms with Gasteiger partial charge in [-0.3, -0.25) is 0 Å². The molecule has 0 radical (unpaired) electrons. The molecule has 1 aromatic heterocycles. The van der Waals surface area contributed by atoms with Crippen LogP contribution < -0.4 is 5.32 Å². The van der Waals surface area contributed by atoms with Crippen molar-refractivity contribution in [3.63, 3.8) is 0 Å². The molecule has 4 heteroatoms. The summed E-state index contributed by atoms with van der Waals surface area (Å²) in [6.45, 7) is 5.06. The van der Waals surface area contributed by atoms with Crippen LogP contribution in [0.4, 0.5) is 5.82 Å². The predicted octanol–water partition coefficient (Wildman–Crippen LogP) is 3.25. The van der Waals surface area contributed by atoms with Gasteiger partial charge in [0.2, 0.25) is 0 Å². The van der Waals surface area contributed by atoms with Gasteiger partial charge < -0.3 is 5.32 Å². The first-order chi connectivity index (χ1) is 7.22. The monoisotopic (exact) mass is 269 g/mol. The molecule has 1 N–H and O–H groups in total. The lowest BCUT2D eigenvalue weighted by atomic mass is 10.2. The fourth-order valence-electron chi connectivity index (χ4n) is 1.57. The van der Waals surface area contributed by atoms with E-state index in [1.54, 1.807) is 0 Å². The van der Waals surface area contributed by atoms with E-state index < -0.39 is 0 Å². The van der Waals surface area contributed by atoms with Crippen molar-refractivity contribution in [3.8, 4) is 0 Å². The third-order valence-corrected chi connectivity index (χ3v) is 3.28. The highest BCUT2D eigenvalue weighted by Crippen LogP contribution is 2.43. The zero-order valence-electron chi connectivity index (χ0n) is 9.18. The van der Waals surface area contributed by atoms with Crippen molar-refractivity contribution in [2.24, 2.45) is 0 Å². The maximum atomic E-state index is 4.51. The van der Waals surface area contributed by atoms with Crippen LogP contribution in [-0.2, 0) is 0 Å². The van der Waals surface area contributed by atoms with Crippen molar-refractivity contribution in [3.05, 3.63) is 16.0 Å². The number of nitrogens with one attached hydrogen (secondary N) is 1. The molecular formula is C11H16BrN3. The number of hydrogen-bond donors (Lipinski definition) is 1. The molecule has 1 fully saturated rings. The Morgan fingerprint density at radius 1 is 1.40 bits per heavy atom. The van der Waals surface area contributed by atoms with Gasteiger partial charge in [0.05, 0.1) is 10.2 Å². The molecule has 15 heavy (non-hydrogen) atoms. The van der Waals surface area contributed by atoms with Gasteiger partial charge in [-0.05, 0) is 42.1 Å². The molecule has 0 aromatic carbocycles. The van der Waals surface area contributed by atoms with Gasteiger partial charge in [-0.2, -0.15) is 0 Å². The highest BCUT2D eigenvalue weighted by molar-refractivity contribution is 9.10. The average molecular weight is 270 g/mol. The summed E-state index contributed by atoms with van der Waals surface area (Å²) in [5.74, 6) is 2.47. The van der Waals surface area contributed by atoms with Gasteiger partial charge in [0, 0.05) is 12.5 Å². The molecule has 0 aliphatic heterocycles. The van der Waals surface area contributed by atoms with Crippen molar-refractivity contribution in [1.29, 1.82) is 0 Å². The van der Waals surface area contributed by atoms with E-state index in [4.69, 9.17) is 0 Å². The van der Waals surface area contributed by atoms with Crippen LogP contribution in [0, 0.1) is 6.92 Å². The lowest BCUT2D eigenvalue weighted by molar-refractivity contribution is 0.907. The Morgan fingerprint density at radius 2 is 2.13 bits per heavy atom. The van der Waals surface area contributed by atoms with Crippen molar-refractivity contribution in [1.82, 2.24) is 9.97 Å². The number of hydrogen-bond acceptors (Lipinski definition) is 3. The minimum Gasteiger partial charge on any atom is -0.369 e. The molecule has 1 aliphatic rings. The Bertz CT molecular complexity index is 361. The van der Waals surface area contributed by atoms with Crippen LogP contribution in [0.5, 0.6) is 0 Å². The summed E-state index contributed by atoms with van der Waals surface area (Å²) < 4.78 is 1.06. The number of nitrogens with zero attached hydrogens (tertiary/aromatic N) is 2. The number of rotatable bonds is 4. The fourth-order valence-corrected chi connectivity index (χ4v) is 2.21. The smallest absolute Gasteiger partial charge is 0.144 e. The minimum atomic E-state index is 0.656. The molecule has 1 aliphatic carbocycles. The largest absolute Gasteiger partial charge is 0.369 e. The number of aryl methyl sites for hydroxylation is 1. The van der Waals surface area contributed by atoms with Crippen LogP contribution in [0.15, 0.2) is 4.47 Å². The number of anilines is 1. The summed E-state index contributed by atoms with van der Waals surface area (Å²) in [4.78, 5) is 8.92. The molecule has 0 bridgehead atoms. The Balaban J connectivity index is 2.27. The highest BCUT2D eigenvalue weighted by atomic mass is 79.9. The van der Waals surface area contributed by atoms with E-state index in [9.17, 15) is 0 Å². The summed E-state index contributed by atoms with van der Waals surface area (Å²) in [7, 11) is 0. The second kappa shape index (κ2) is 4.47. The maximum absolute atomic E-state index is 4.51. The van der Waals surface area contributed by atoms with E-state index in [0.717, 1.165) is 29.1 Å². The lowest BCUT2D eigenvalue weighted by Crippen LogP contribution is -2.07. The number of aromatic nitrogens is 2. The molecule has 0 saturated heterocycles. The maximum Gasteiger partial charge on any atom is 0.144 e. The topological polar surface area (TPSA) is 37.8 Å². The van der Waals surface area contributed by atoms with Crippen molar-refractivity contribution >= 4 is 21.7 Å². The van der Waals surface area contributed by atoms with E-state index >= 15 is 0 Å². The predicted molar refractivity (Wildman–Crippen MR) is 65.2 cm³/mol. The van der Waals surface area contributed by atoms with E-state index in [1.807, 2.05) is 6.92 Å². The van der Waals surface area contributed by atoms with Crippen molar-refractivity contribution < 1.29 is 0 Å². The average Bonchev–Trinajstić information content (AvgIpc) is 3.02. The van der Waals surface area contributed by atoms with Gasteiger partial charge in [0.1, 0.15) is 11.6 Å². The van der Waals surface area contributed by atoms with Gasteiger partial charge in [-0.15, -0.1) is 0 Å². The second-order valence-corrected chi connectivity index (χ2v) is 4.81. The molecule has 82 valence electrons. The summed E-state index contributed by atoms with van der Waals surface area (Å²) in [6.07, 6.45) is 3.64. The number of halogens is 1. The zero-order valence-corrected chi connectivity index (χ0v) is 10.8. The van der Waals surface area contributed by atoms with E-state index in [1.165, 1.54) is 18.5 Å². The molecule has 2 rings (SSSR count). The van der Waals surface area contributed by atoms with Crippen LogP contribution >= 0.6 is 15.9 Å². The Kier molecular flexibility index (Phi) is 3.24. The molecule has 3 nitrogen and oxygen atoms in total. The quantitative estimate of drug-likeness (QED) is 0.912. The van der Waals surface area contributed by atoms with E-state index in [-0.39, 0.29) is 0 Å². The molecule has 1 aromatic rings. The third kappa shape index (κ3) is 2.48. The first-order valence-corrected chi connectivity index (χ1v) is 6.29. The Labute approximate surface area is 98.8 Å². The molecule has 0 spiro atoms. The first kappa shape index (κ1) is 10.9. The summed E-state index contributed by atoms with van der Waals surface area (Å²) in [5, 5.41) is 3.33. The van der Waals surface area contributed by atoms with Gasteiger partial charge in [-0.1, -0.05) is 6.92 Å². The van der Waals surface area contributed by atoms with Gasteiger partial charge in [-0.25, -0.2) is 9.97 Å². The molecule has 0 amide bonds. The van der Waals surface area contributed by atoms with Gasteiger partial charge in [0.25, 0.3) is 0 Å². The van der Waals surface area contributed by atoms with Crippen LogP contribution in [0.25, 0.3) is 0 Å². The molecule has 1 heterocycles. The van der Waals surface area contributed by atoms with Crippen LogP contribution in [0.3, 0.4) is 0 Å². The normalized spacial score (nSPS) is 15.4. The zero-order chi connectivity index (χ0) is 10.8. The highest BCUT2D eigenvalue weighted by Gasteiger charge is 2.28. The van der Waals surface area contributed by atoms with Crippen molar-refractivity contribution in [2.45, 2.75) is 39.0 Å². The fraction of sp³-hybridized carbons (Fsp3) is 0.636. The Hall–Kier alpha value is -0.640. The Morgan fingerprint density at radius 3 is 2.73 bits per heavy atom. The summed E-state index contributed by atoms with van der Waals surface area (Å²) in [5.41, 5.74) is 1.18. The second-order valence-electron chi connectivity index (χ2n) is 4.02. The van der Waals surface area contributed by atoms with E-state index in [0.29, 0.717) is 5.92 Å². The van der Waals surface area contributed by atoms with Crippen molar-refractivity contribution in [2.75, 3.05) is 11.9 Å². The lowest BCUT2D eigenvalue weighted by Gasteiger charge is -2.10. The van der Waals surface area contributed by atoms with Gasteiger partial charge >= 0.3 is 0 Å². The molecular weight excluding hydrogens is 254 g/mol. The standard InChI is InChI=1S/C11H16BrN3/c1-3-6-13-11-9(12)10(8-4-5-8)14-7(2)15-11/h8H,3-6H2,1-2H3,(H,13,14,15). The SMILES string of the molecule is CCCNc1nc(C)nc(C2CC2)c1Br. The van der Waals surface area contributed by atoms with E-state index in [2.05, 4.69) is 38.1 Å². The molecule has 0 atom stereocenters. The minimum absolute atomic E-state index is 0.656. The third-order valence-electron chi connectivity index (χ3n) is 2.50. The van der Waals surface area contributed by atoms with Crippen LogP contribution in [0.2, 0.25) is 0 Å². The van der Waals surface area contributed by atoms with Crippen LogP contribution in [-0.4, -0.2) is 16.5 Å². The summed E-state index contributed by atoms with van der Waals surface area (Å²) in [6, 6.07) is 0. The first-order valence-electron chi connectivity index (χ1n) is 5.50. The van der Waals surface area contributed by atoms with Crippen LogP contribution in [0.1, 0.15) is 43.6 Å².